The zero-order chi connectivity index (χ0) is 10.6. The molecule has 0 radical (unpaired) electrons. The summed E-state index contributed by atoms with van der Waals surface area (Å²) in [6, 6.07) is 0.561. The van der Waals surface area contributed by atoms with Crippen LogP contribution in [0.3, 0.4) is 0 Å². The van der Waals surface area contributed by atoms with Crippen molar-refractivity contribution >= 4 is 0 Å². The van der Waals surface area contributed by atoms with E-state index in [1.165, 1.54) is 26.2 Å². The van der Waals surface area contributed by atoms with E-state index in [2.05, 4.69) is 37.6 Å². The van der Waals surface area contributed by atoms with Crippen LogP contribution >= 0.6 is 0 Å². The van der Waals surface area contributed by atoms with Crippen molar-refractivity contribution in [3.63, 3.8) is 0 Å². The van der Waals surface area contributed by atoms with E-state index in [1.807, 2.05) is 0 Å². The molecule has 0 N–H and O–H groups in total. The van der Waals surface area contributed by atoms with Crippen LogP contribution in [0.15, 0.2) is 0 Å². The molecule has 3 heteroatoms. The van der Waals surface area contributed by atoms with Crippen LogP contribution in [0.2, 0.25) is 0 Å². The highest BCUT2D eigenvalue weighted by molar-refractivity contribution is 4.74. The molecule has 0 saturated carbocycles. The van der Waals surface area contributed by atoms with Crippen LogP contribution in [-0.2, 0) is 4.74 Å². The lowest BCUT2D eigenvalue weighted by atomic mass is 10.2. The van der Waals surface area contributed by atoms with Crippen molar-refractivity contribution in [2.24, 2.45) is 0 Å². The highest BCUT2D eigenvalue weighted by atomic mass is 16.5. The number of rotatable bonds is 4. The van der Waals surface area contributed by atoms with Crippen LogP contribution in [0.4, 0.5) is 0 Å². The summed E-state index contributed by atoms with van der Waals surface area (Å²) in [5, 5.41) is 0. The van der Waals surface area contributed by atoms with Crippen LogP contribution in [0.1, 0.15) is 20.8 Å². The van der Waals surface area contributed by atoms with E-state index in [-0.39, 0.29) is 0 Å². The molecule has 84 valence electrons. The van der Waals surface area contributed by atoms with Gasteiger partial charge in [-0.3, -0.25) is 4.90 Å². The maximum absolute atomic E-state index is 5.63. The van der Waals surface area contributed by atoms with Gasteiger partial charge in [0.1, 0.15) is 0 Å². The Morgan fingerprint density at radius 1 is 1.07 bits per heavy atom. The van der Waals surface area contributed by atoms with E-state index in [1.54, 1.807) is 0 Å². The van der Waals surface area contributed by atoms with Gasteiger partial charge in [0.15, 0.2) is 0 Å². The molecule has 1 atom stereocenters. The normalized spacial score (nSPS) is 22.9. The Morgan fingerprint density at radius 2 is 1.64 bits per heavy atom. The topological polar surface area (TPSA) is 15.7 Å². The molecule has 0 amide bonds. The van der Waals surface area contributed by atoms with Crippen LogP contribution < -0.4 is 0 Å². The number of ether oxygens (including phenoxy) is 1. The fourth-order valence-electron chi connectivity index (χ4n) is 1.70. The summed E-state index contributed by atoms with van der Waals surface area (Å²) in [5.74, 6) is 0. The smallest absolute Gasteiger partial charge is 0.0622 e. The minimum atomic E-state index is 0.352. The molecule has 0 bridgehead atoms. The summed E-state index contributed by atoms with van der Waals surface area (Å²) in [6.07, 6.45) is 0.352. The highest BCUT2D eigenvalue weighted by Gasteiger charge is 2.19. The Hall–Kier alpha value is -0.120. The summed E-state index contributed by atoms with van der Waals surface area (Å²) in [5.41, 5.74) is 0. The number of likely N-dealkylation sites (N-methyl/N-ethyl adjacent to an activating group) is 1. The predicted molar refractivity (Wildman–Crippen MR) is 59.6 cm³/mol. The van der Waals surface area contributed by atoms with Gasteiger partial charge < -0.3 is 9.64 Å². The van der Waals surface area contributed by atoms with E-state index in [0.29, 0.717) is 12.1 Å². The molecular formula is C11H24N2O. The predicted octanol–water partition coefficient (Wildman–Crippen LogP) is 1.05. The number of hydrogen-bond donors (Lipinski definition) is 0. The van der Waals surface area contributed by atoms with Crippen molar-refractivity contribution in [3.8, 4) is 0 Å². The van der Waals surface area contributed by atoms with Gasteiger partial charge in [-0.05, 0) is 27.8 Å². The fourth-order valence-corrected chi connectivity index (χ4v) is 1.70. The fraction of sp³-hybridized carbons (Fsp3) is 1.00. The van der Waals surface area contributed by atoms with Crippen molar-refractivity contribution in [2.45, 2.75) is 32.9 Å². The average Bonchev–Trinajstić information content (AvgIpc) is 2.15. The van der Waals surface area contributed by atoms with E-state index in [4.69, 9.17) is 4.74 Å². The quantitative estimate of drug-likeness (QED) is 0.674. The van der Waals surface area contributed by atoms with E-state index >= 15 is 0 Å². The summed E-state index contributed by atoms with van der Waals surface area (Å²) in [4.78, 5) is 4.90. The average molecular weight is 200 g/mol. The third-order valence-corrected chi connectivity index (χ3v) is 2.83. The first-order chi connectivity index (χ1) is 6.59. The largest absolute Gasteiger partial charge is 0.377 e. The van der Waals surface area contributed by atoms with Crippen LogP contribution in [0.5, 0.6) is 0 Å². The first kappa shape index (κ1) is 12.0. The third kappa shape index (κ3) is 3.95. The molecule has 1 aliphatic heterocycles. The van der Waals surface area contributed by atoms with Crippen LogP contribution in [-0.4, -0.2) is 61.8 Å². The molecule has 0 aromatic carbocycles. The van der Waals surface area contributed by atoms with Crippen LogP contribution in [0.25, 0.3) is 0 Å². The Labute approximate surface area is 88.0 Å². The molecule has 14 heavy (non-hydrogen) atoms. The van der Waals surface area contributed by atoms with Gasteiger partial charge in [-0.15, -0.1) is 0 Å². The van der Waals surface area contributed by atoms with Crippen molar-refractivity contribution in [1.82, 2.24) is 9.80 Å². The van der Waals surface area contributed by atoms with Gasteiger partial charge in [0.05, 0.1) is 12.7 Å². The standard InChI is InChI=1S/C11H24N2O/c1-10(2)14-9-11(3)13-7-5-12(4)6-8-13/h10-11H,5-9H2,1-4H3. The summed E-state index contributed by atoms with van der Waals surface area (Å²) >= 11 is 0. The second kappa shape index (κ2) is 5.69. The zero-order valence-corrected chi connectivity index (χ0v) is 9.99. The van der Waals surface area contributed by atoms with Crippen molar-refractivity contribution in [3.05, 3.63) is 0 Å². The number of nitrogens with zero attached hydrogens (tertiary/aromatic N) is 2. The summed E-state index contributed by atoms with van der Waals surface area (Å²) in [6.45, 7) is 12.0. The van der Waals surface area contributed by atoms with Gasteiger partial charge in [-0.2, -0.15) is 0 Å². The van der Waals surface area contributed by atoms with Crippen LogP contribution in [0, 0.1) is 0 Å². The molecule has 0 aliphatic carbocycles. The molecule has 1 saturated heterocycles. The molecule has 3 nitrogen and oxygen atoms in total. The molecular weight excluding hydrogens is 176 g/mol. The van der Waals surface area contributed by atoms with E-state index in [0.717, 1.165) is 6.61 Å². The Bertz CT molecular complexity index is 153. The van der Waals surface area contributed by atoms with Gasteiger partial charge in [0.2, 0.25) is 0 Å². The third-order valence-electron chi connectivity index (χ3n) is 2.83. The summed E-state index contributed by atoms with van der Waals surface area (Å²) in [7, 11) is 2.19. The SMILES string of the molecule is CC(C)OCC(C)N1CCN(C)CC1. The second-order valence-electron chi connectivity index (χ2n) is 4.57. The Balaban J connectivity index is 2.20. The van der Waals surface area contributed by atoms with Gasteiger partial charge in [0, 0.05) is 32.2 Å². The lowest BCUT2D eigenvalue weighted by Crippen LogP contribution is -2.49. The molecule has 1 rings (SSSR count). The van der Waals surface area contributed by atoms with Gasteiger partial charge in [-0.1, -0.05) is 0 Å². The molecule has 1 aliphatic rings. The highest BCUT2D eigenvalue weighted by Crippen LogP contribution is 2.05. The first-order valence-electron chi connectivity index (χ1n) is 5.64. The van der Waals surface area contributed by atoms with Gasteiger partial charge >= 0.3 is 0 Å². The molecule has 1 fully saturated rings. The monoisotopic (exact) mass is 200 g/mol. The summed E-state index contributed by atoms with van der Waals surface area (Å²) < 4.78 is 5.63. The zero-order valence-electron chi connectivity index (χ0n) is 9.99. The minimum absolute atomic E-state index is 0.352. The maximum Gasteiger partial charge on any atom is 0.0622 e. The van der Waals surface area contributed by atoms with E-state index in [9.17, 15) is 0 Å². The maximum atomic E-state index is 5.63. The van der Waals surface area contributed by atoms with Crippen molar-refractivity contribution in [2.75, 3.05) is 39.8 Å². The Kier molecular flexibility index (Phi) is 4.85. The van der Waals surface area contributed by atoms with Gasteiger partial charge in [-0.25, -0.2) is 0 Å². The van der Waals surface area contributed by atoms with Gasteiger partial charge in [0.25, 0.3) is 0 Å². The molecule has 1 unspecified atom stereocenters. The lowest BCUT2D eigenvalue weighted by Gasteiger charge is -2.36. The second-order valence-corrected chi connectivity index (χ2v) is 4.57. The first-order valence-corrected chi connectivity index (χ1v) is 5.64. The lowest BCUT2D eigenvalue weighted by molar-refractivity contribution is 0.0166. The number of piperazine rings is 1. The molecule has 0 aromatic rings. The molecule has 0 spiro atoms. The molecule has 0 aromatic heterocycles. The molecule has 1 heterocycles. The van der Waals surface area contributed by atoms with Crippen molar-refractivity contribution < 1.29 is 4.74 Å². The number of hydrogen-bond acceptors (Lipinski definition) is 3. The van der Waals surface area contributed by atoms with Crippen molar-refractivity contribution in [1.29, 1.82) is 0 Å². The minimum Gasteiger partial charge on any atom is -0.377 e. The Morgan fingerprint density at radius 3 is 2.14 bits per heavy atom. The van der Waals surface area contributed by atoms with E-state index < -0.39 is 0 Å².